The molecule has 2 aromatic heterocycles. The first-order valence-corrected chi connectivity index (χ1v) is 9.66. The molecule has 4 heterocycles. The van der Waals surface area contributed by atoms with Crippen LogP contribution in [0.4, 0.5) is 0 Å². The van der Waals surface area contributed by atoms with E-state index >= 15 is 0 Å². The van der Waals surface area contributed by atoms with Crippen molar-refractivity contribution in [2.75, 3.05) is 6.61 Å². The lowest BCUT2D eigenvalue weighted by molar-refractivity contribution is 0.107. The minimum Gasteiger partial charge on any atom is -0.422 e. The molecule has 0 amide bonds. The van der Waals surface area contributed by atoms with E-state index < -0.39 is 0 Å². The fourth-order valence-electron chi connectivity index (χ4n) is 4.21. The van der Waals surface area contributed by atoms with Gasteiger partial charge in [0.25, 0.3) is 0 Å². The lowest BCUT2D eigenvalue weighted by atomic mass is 9.83. The van der Waals surface area contributed by atoms with Crippen LogP contribution in [-0.4, -0.2) is 21.0 Å². The van der Waals surface area contributed by atoms with Gasteiger partial charge in [-0.05, 0) is 42.7 Å². The van der Waals surface area contributed by atoms with Gasteiger partial charge in [0.2, 0.25) is 11.8 Å². The summed E-state index contributed by atoms with van der Waals surface area (Å²) in [4.78, 5) is 0. The van der Waals surface area contributed by atoms with Gasteiger partial charge in [0, 0.05) is 31.7 Å². The number of nitriles is 1. The fourth-order valence-corrected chi connectivity index (χ4v) is 4.21. The highest BCUT2D eigenvalue weighted by Gasteiger charge is 2.39. The number of benzene rings is 1. The molecule has 0 spiro atoms. The predicted octanol–water partition coefficient (Wildman–Crippen LogP) is 3.28. The first-order valence-electron chi connectivity index (χ1n) is 9.66. The molecule has 2 unspecified atom stereocenters. The highest BCUT2D eigenvalue weighted by molar-refractivity contribution is 5.56. The SMILES string of the molecule is Cn1nc(C2CCCO2)c2c1OC(N)=C(C#N)C2c1ccc(-n2cccc2)cc1. The zero-order valence-electron chi connectivity index (χ0n) is 16.1. The molecule has 7 heteroatoms. The average molecular weight is 387 g/mol. The van der Waals surface area contributed by atoms with E-state index in [1.165, 1.54) is 0 Å². The molecule has 1 fully saturated rings. The van der Waals surface area contributed by atoms with Crippen molar-refractivity contribution >= 4 is 0 Å². The zero-order chi connectivity index (χ0) is 20.0. The molecule has 0 bridgehead atoms. The summed E-state index contributed by atoms with van der Waals surface area (Å²) in [5.41, 5.74) is 10.3. The zero-order valence-corrected chi connectivity index (χ0v) is 16.1. The summed E-state index contributed by atoms with van der Waals surface area (Å²) in [5, 5.41) is 14.5. The minimum atomic E-state index is -0.338. The molecule has 0 aliphatic carbocycles. The molecule has 2 aliphatic heterocycles. The summed E-state index contributed by atoms with van der Waals surface area (Å²) in [6.07, 6.45) is 5.81. The number of rotatable bonds is 3. The standard InChI is InChI=1S/C22H21N5O2/c1-26-22-19(20(25-26)17-5-4-12-28-17)18(16(13-23)21(24)29-22)14-6-8-15(9-7-14)27-10-2-3-11-27/h2-3,6-11,17-18H,4-5,12,24H2,1H3. The number of nitrogens with two attached hydrogens (primary N) is 1. The molecule has 0 saturated carbocycles. The normalized spacial score (nSPS) is 21.0. The average Bonchev–Trinajstić information content (AvgIpc) is 3.49. The Kier molecular flexibility index (Phi) is 4.14. The van der Waals surface area contributed by atoms with Gasteiger partial charge >= 0.3 is 0 Å². The van der Waals surface area contributed by atoms with E-state index in [-0.39, 0.29) is 17.9 Å². The maximum atomic E-state index is 9.86. The van der Waals surface area contributed by atoms with Crippen molar-refractivity contribution in [2.45, 2.75) is 24.9 Å². The monoisotopic (exact) mass is 387 g/mol. The molecule has 2 aliphatic rings. The molecule has 2 N–H and O–H groups in total. The number of aryl methyl sites for hydroxylation is 1. The number of ether oxygens (including phenoxy) is 2. The van der Waals surface area contributed by atoms with Gasteiger partial charge in [0.1, 0.15) is 17.7 Å². The molecule has 1 aromatic carbocycles. The van der Waals surface area contributed by atoms with Gasteiger partial charge in [-0.3, -0.25) is 0 Å². The van der Waals surface area contributed by atoms with Crippen LogP contribution < -0.4 is 10.5 Å². The number of allylic oxidation sites excluding steroid dienone is 1. The number of aromatic nitrogens is 3. The first kappa shape index (κ1) is 17.6. The van der Waals surface area contributed by atoms with Crippen molar-refractivity contribution in [2.24, 2.45) is 12.8 Å². The lowest BCUT2D eigenvalue weighted by Gasteiger charge is -2.25. The van der Waals surface area contributed by atoms with Crippen molar-refractivity contribution in [1.29, 1.82) is 5.26 Å². The molecule has 146 valence electrons. The van der Waals surface area contributed by atoms with E-state index in [1.807, 2.05) is 60.4 Å². The molecule has 0 radical (unpaired) electrons. The summed E-state index contributed by atoms with van der Waals surface area (Å²) in [5.74, 6) is 0.364. The Morgan fingerprint density at radius 2 is 1.97 bits per heavy atom. The number of hydrogen-bond donors (Lipinski definition) is 1. The Bertz CT molecular complexity index is 1110. The molecular weight excluding hydrogens is 366 g/mol. The third-order valence-corrected chi connectivity index (χ3v) is 5.59. The van der Waals surface area contributed by atoms with E-state index in [0.717, 1.165) is 42.0 Å². The van der Waals surface area contributed by atoms with Crippen molar-refractivity contribution in [3.63, 3.8) is 0 Å². The Morgan fingerprint density at radius 3 is 2.62 bits per heavy atom. The minimum absolute atomic E-state index is 0.0885. The molecule has 7 nitrogen and oxygen atoms in total. The van der Waals surface area contributed by atoms with Crippen LogP contribution >= 0.6 is 0 Å². The maximum absolute atomic E-state index is 9.86. The Hall–Kier alpha value is -3.50. The number of fused-ring (bicyclic) bond motifs is 1. The quantitative estimate of drug-likeness (QED) is 0.745. The van der Waals surface area contributed by atoms with Gasteiger partial charge in [-0.25, -0.2) is 4.68 Å². The van der Waals surface area contributed by atoms with Gasteiger partial charge < -0.3 is 19.8 Å². The highest BCUT2D eigenvalue weighted by atomic mass is 16.5. The largest absolute Gasteiger partial charge is 0.422 e. The van der Waals surface area contributed by atoms with E-state index in [9.17, 15) is 5.26 Å². The van der Waals surface area contributed by atoms with Crippen molar-refractivity contribution in [1.82, 2.24) is 14.3 Å². The van der Waals surface area contributed by atoms with Gasteiger partial charge in [-0.15, -0.1) is 0 Å². The molecule has 29 heavy (non-hydrogen) atoms. The van der Waals surface area contributed by atoms with E-state index in [2.05, 4.69) is 11.2 Å². The smallest absolute Gasteiger partial charge is 0.224 e. The topological polar surface area (TPSA) is 91.0 Å². The Balaban J connectivity index is 1.64. The van der Waals surface area contributed by atoms with Crippen LogP contribution in [0.3, 0.4) is 0 Å². The first-order chi connectivity index (χ1) is 14.2. The Morgan fingerprint density at radius 1 is 1.21 bits per heavy atom. The molecule has 1 saturated heterocycles. The van der Waals surface area contributed by atoms with Crippen LogP contribution in [0.2, 0.25) is 0 Å². The van der Waals surface area contributed by atoms with Crippen LogP contribution in [0, 0.1) is 11.3 Å². The molecule has 3 aromatic rings. The van der Waals surface area contributed by atoms with Gasteiger partial charge in [-0.2, -0.15) is 10.4 Å². The van der Waals surface area contributed by atoms with Crippen LogP contribution in [0.1, 0.15) is 41.7 Å². The van der Waals surface area contributed by atoms with Gasteiger partial charge in [0.15, 0.2) is 0 Å². The van der Waals surface area contributed by atoms with E-state index in [0.29, 0.717) is 11.5 Å². The summed E-state index contributed by atoms with van der Waals surface area (Å²) >= 11 is 0. The lowest BCUT2D eigenvalue weighted by Crippen LogP contribution is -2.22. The van der Waals surface area contributed by atoms with Crippen LogP contribution in [0.25, 0.3) is 5.69 Å². The van der Waals surface area contributed by atoms with E-state index in [1.54, 1.807) is 4.68 Å². The molecular formula is C22H21N5O2. The van der Waals surface area contributed by atoms with Crippen molar-refractivity contribution < 1.29 is 9.47 Å². The van der Waals surface area contributed by atoms with Crippen molar-refractivity contribution in [3.05, 3.63) is 77.1 Å². The number of nitrogens with zero attached hydrogens (tertiary/aromatic N) is 4. The van der Waals surface area contributed by atoms with Crippen LogP contribution in [0.15, 0.2) is 60.2 Å². The van der Waals surface area contributed by atoms with Gasteiger partial charge in [-0.1, -0.05) is 12.1 Å². The second-order valence-electron chi connectivity index (χ2n) is 7.34. The third kappa shape index (κ3) is 2.80. The fraction of sp³-hybridized carbons (Fsp3) is 0.273. The summed E-state index contributed by atoms with van der Waals surface area (Å²) in [7, 11) is 1.83. The Labute approximate surface area is 168 Å². The van der Waals surface area contributed by atoms with Gasteiger partial charge in [0.05, 0.1) is 17.2 Å². The third-order valence-electron chi connectivity index (χ3n) is 5.59. The summed E-state index contributed by atoms with van der Waals surface area (Å²) in [6.45, 7) is 0.718. The van der Waals surface area contributed by atoms with Crippen LogP contribution in [-0.2, 0) is 11.8 Å². The molecule has 2 atom stereocenters. The number of hydrogen-bond acceptors (Lipinski definition) is 5. The summed E-state index contributed by atoms with van der Waals surface area (Å²) < 4.78 is 15.4. The van der Waals surface area contributed by atoms with E-state index in [4.69, 9.17) is 15.2 Å². The van der Waals surface area contributed by atoms with Crippen LogP contribution in [0.5, 0.6) is 5.88 Å². The molecule has 5 rings (SSSR count). The second kappa shape index (κ2) is 6.83. The maximum Gasteiger partial charge on any atom is 0.224 e. The van der Waals surface area contributed by atoms with Crippen molar-refractivity contribution in [3.8, 4) is 17.6 Å². The highest BCUT2D eigenvalue weighted by Crippen LogP contribution is 2.47. The summed E-state index contributed by atoms with van der Waals surface area (Å²) in [6, 6.07) is 14.4. The second-order valence-corrected chi connectivity index (χ2v) is 7.34. The predicted molar refractivity (Wildman–Crippen MR) is 106 cm³/mol.